The van der Waals surface area contributed by atoms with E-state index in [0.717, 1.165) is 0 Å². The molecule has 7 heteroatoms. The van der Waals surface area contributed by atoms with Gasteiger partial charge >= 0.3 is 0 Å². The summed E-state index contributed by atoms with van der Waals surface area (Å²) in [6.45, 7) is 2.99. The van der Waals surface area contributed by atoms with Crippen molar-refractivity contribution in [1.29, 1.82) is 0 Å². The number of hydrogen-bond acceptors (Lipinski definition) is 4. The standard InChI is InChI=1S/C13H21N3O3S/c1-3-9-20(18,19)16-12-6-4-5-11(10-12)13(17)15-8-7-14-2/h4-6,10,14,16H,3,7-9H2,1-2H3,(H,15,17). The van der Waals surface area contributed by atoms with Gasteiger partial charge in [-0.1, -0.05) is 13.0 Å². The second-order valence-electron chi connectivity index (χ2n) is 4.36. The highest BCUT2D eigenvalue weighted by atomic mass is 32.2. The van der Waals surface area contributed by atoms with Crippen molar-refractivity contribution in [2.24, 2.45) is 0 Å². The van der Waals surface area contributed by atoms with Crippen molar-refractivity contribution >= 4 is 21.6 Å². The molecule has 6 nitrogen and oxygen atoms in total. The normalized spacial score (nSPS) is 11.1. The van der Waals surface area contributed by atoms with Crippen molar-refractivity contribution < 1.29 is 13.2 Å². The number of rotatable bonds is 8. The highest BCUT2D eigenvalue weighted by molar-refractivity contribution is 7.92. The summed E-state index contributed by atoms with van der Waals surface area (Å²) < 4.78 is 25.8. The Hall–Kier alpha value is -1.60. The maximum Gasteiger partial charge on any atom is 0.251 e. The van der Waals surface area contributed by atoms with E-state index in [-0.39, 0.29) is 11.7 Å². The van der Waals surface area contributed by atoms with Crippen molar-refractivity contribution in [3.05, 3.63) is 29.8 Å². The van der Waals surface area contributed by atoms with Crippen molar-refractivity contribution in [2.75, 3.05) is 30.6 Å². The van der Waals surface area contributed by atoms with Crippen molar-refractivity contribution in [1.82, 2.24) is 10.6 Å². The number of sulfonamides is 1. The van der Waals surface area contributed by atoms with Crippen LogP contribution in [0.5, 0.6) is 0 Å². The lowest BCUT2D eigenvalue weighted by Crippen LogP contribution is -2.30. The van der Waals surface area contributed by atoms with Crippen molar-refractivity contribution in [3.8, 4) is 0 Å². The fourth-order valence-electron chi connectivity index (χ4n) is 1.63. The summed E-state index contributed by atoms with van der Waals surface area (Å²) in [7, 11) is -1.54. The molecule has 0 fully saturated rings. The third kappa shape index (κ3) is 5.58. The van der Waals surface area contributed by atoms with Gasteiger partial charge in [-0.3, -0.25) is 9.52 Å². The average Bonchev–Trinajstić information content (AvgIpc) is 2.38. The van der Waals surface area contributed by atoms with Crippen LogP contribution >= 0.6 is 0 Å². The van der Waals surface area contributed by atoms with E-state index in [1.54, 1.807) is 32.2 Å². The molecule has 0 unspecified atom stereocenters. The predicted octanol–water partition coefficient (Wildman–Crippen LogP) is 0.788. The largest absolute Gasteiger partial charge is 0.351 e. The minimum Gasteiger partial charge on any atom is -0.351 e. The topological polar surface area (TPSA) is 87.3 Å². The van der Waals surface area contributed by atoms with Gasteiger partial charge in [0.05, 0.1) is 5.75 Å². The lowest BCUT2D eigenvalue weighted by molar-refractivity contribution is 0.0954. The second-order valence-corrected chi connectivity index (χ2v) is 6.20. The quantitative estimate of drug-likeness (QED) is 0.619. The Kier molecular flexibility index (Phi) is 6.47. The maximum atomic E-state index is 11.8. The summed E-state index contributed by atoms with van der Waals surface area (Å²) >= 11 is 0. The van der Waals surface area contributed by atoms with Crippen LogP contribution < -0.4 is 15.4 Å². The van der Waals surface area contributed by atoms with Crippen LogP contribution in [0.4, 0.5) is 5.69 Å². The van der Waals surface area contributed by atoms with Crippen molar-refractivity contribution in [2.45, 2.75) is 13.3 Å². The number of carbonyl (C=O) groups excluding carboxylic acids is 1. The molecular weight excluding hydrogens is 278 g/mol. The van der Waals surface area contributed by atoms with Crippen LogP contribution in [0.3, 0.4) is 0 Å². The Morgan fingerprint density at radius 1 is 1.25 bits per heavy atom. The van der Waals surface area contributed by atoms with Crippen LogP contribution in [-0.2, 0) is 10.0 Å². The van der Waals surface area contributed by atoms with E-state index < -0.39 is 10.0 Å². The van der Waals surface area contributed by atoms with Crippen LogP contribution in [0.1, 0.15) is 23.7 Å². The highest BCUT2D eigenvalue weighted by Gasteiger charge is 2.10. The smallest absolute Gasteiger partial charge is 0.251 e. The van der Waals surface area contributed by atoms with Crippen LogP contribution in [0, 0.1) is 0 Å². The van der Waals surface area contributed by atoms with Gasteiger partial charge in [-0.25, -0.2) is 8.42 Å². The van der Waals surface area contributed by atoms with Crippen LogP contribution in [0.15, 0.2) is 24.3 Å². The fraction of sp³-hybridized carbons (Fsp3) is 0.462. The molecule has 0 aliphatic heterocycles. The van der Waals surface area contributed by atoms with Crippen molar-refractivity contribution in [3.63, 3.8) is 0 Å². The summed E-state index contributed by atoms with van der Waals surface area (Å²) in [6.07, 6.45) is 0.541. The van der Waals surface area contributed by atoms with Crippen LogP contribution in [0.2, 0.25) is 0 Å². The summed E-state index contributed by atoms with van der Waals surface area (Å²) in [5.74, 6) is -0.164. The molecule has 1 amide bonds. The van der Waals surface area contributed by atoms with E-state index in [1.807, 2.05) is 0 Å². The van der Waals surface area contributed by atoms with Gasteiger partial charge in [-0.05, 0) is 31.7 Å². The van der Waals surface area contributed by atoms with Crippen LogP contribution in [-0.4, -0.2) is 40.2 Å². The summed E-state index contributed by atoms with van der Waals surface area (Å²) in [5.41, 5.74) is 0.831. The Labute approximate surface area is 120 Å². The maximum absolute atomic E-state index is 11.8. The Morgan fingerprint density at radius 2 is 2.00 bits per heavy atom. The minimum atomic E-state index is -3.34. The molecule has 0 aliphatic rings. The molecular formula is C13H21N3O3S. The lowest BCUT2D eigenvalue weighted by Gasteiger charge is -2.09. The van der Waals surface area contributed by atoms with E-state index in [0.29, 0.717) is 30.8 Å². The summed E-state index contributed by atoms with van der Waals surface area (Å²) in [5, 5.41) is 5.66. The molecule has 0 saturated carbocycles. The van der Waals surface area contributed by atoms with E-state index in [2.05, 4.69) is 15.4 Å². The van der Waals surface area contributed by atoms with Gasteiger partial charge in [-0.2, -0.15) is 0 Å². The van der Waals surface area contributed by atoms with Crippen LogP contribution in [0.25, 0.3) is 0 Å². The second kappa shape index (κ2) is 7.86. The number of hydrogen-bond donors (Lipinski definition) is 3. The minimum absolute atomic E-state index is 0.0611. The predicted molar refractivity (Wildman–Crippen MR) is 80.4 cm³/mol. The first-order valence-corrected chi connectivity index (χ1v) is 8.17. The molecule has 0 bridgehead atoms. The fourth-order valence-corrected chi connectivity index (χ4v) is 2.75. The number of carbonyl (C=O) groups is 1. The third-order valence-electron chi connectivity index (χ3n) is 2.53. The zero-order chi connectivity index (χ0) is 15.0. The van der Waals surface area contributed by atoms with Gasteiger partial charge < -0.3 is 10.6 Å². The molecule has 1 aromatic rings. The first kappa shape index (κ1) is 16.5. The first-order valence-electron chi connectivity index (χ1n) is 6.52. The van der Waals surface area contributed by atoms with E-state index in [4.69, 9.17) is 0 Å². The van der Waals surface area contributed by atoms with Gasteiger partial charge in [0.25, 0.3) is 5.91 Å². The SMILES string of the molecule is CCCS(=O)(=O)Nc1cccc(C(=O)NCCNC)c1. The molecule has 3 N–H and O–H groups in total. The lowest BCUT2D eigenvalue weighted by atomic mass is 10.2. The molecule has 1 aromatic carbocycles. The zero-order valence-corrected chi connectivity index (χ0v) is 12.6. The molecule has 0 radical (unpaired) electrons. The van der Waals surface area contributed by atoms with Gasteiger partial charge in [0, 0.05) is 24.3 Å². The zero-order valence-electron chi connectivity index (χ0n) is 11.8. The molecule has 0 aromatic heterocycles. The Morgan fingerprint density at radius 3 is 2.65 bits per heavy atom. The molecule has 1 rings (SSSR count). The Bertz CT molecular complexity index is 544. The van der Waals surface area contributed by atoms with Gasteiger partial charge in [0.1, 0.15) is 0 Å². The number of nitrogens with one attached hydrogen (secondary N) is 3. The number of benzene rings is 1. The monoisotopic (exact) mass is 299 g/mol. The van der Waals surface area contributed by atoms with E-state index in [1.165, 1.54) is 6.07 Å². The first-order chi connectivity index (χ1) is 9.48. The molecule has 0 spiro atoms. The molecule has 0 aliphatic carbocycles. The molecule has 20 heavy (non-hydrogen) atoms. The molecule has 0 atom stereocenters. The summed E-state index contributed by atoms with van der Waals surface area (Å²) in [6, 6.07) is 6.45. The Balaban J connectivity index is 2.73. The van der Waals surface area contributed by atoms with Gasteiger partial charge in [0.15, 0.2) is 0 Å². The average molecular weight is 299 g/mol. The number of likely N-dealkylation sites (N-methyl/N-ethyl adjacent to an activating group) is 1. The third-order valence-corrected chi connectivity index (χ3v) is 4.02. The molecule has 112 valence electrons. The van der Waals surface area contributed by atoms with Gasteiger partial charge in [0.2, 0.25) is 10.0 Å². The van der Waals surface area contributed by atoms with Gasteiger partial charge in [-0.15, -0.1) is 0 Å². The van der Waals surface area contributed by atoms with E-state index in [9.17, 15) is 13.2 Å². The number of anilines is 1. The van der Waals surface area contributed by atoms with E-state index >= 15 is 0 Å². The molecule has 0 saturated heterocycles. The molecule has 0 heterocycles. The number of amides is 1. The highest BCUT2D eigenvalue weighted by Crippen LogP contribution is 2.12. The summed E-state index contributed by atoms with van der Waals surface area (Å²) in [4.78, 5) is 11.8.